The Kier molecular flexibility index (Phi) is 5.31. The fraction of sp³-hybridized carbons (Fsp3) is 0.600. The van der Waals surface area contributed by atoms with Gasteiger partial charge in [0.2, 0.25) is 0 Å². The summed E-state index contributed by atoms with van der Waals surface area (Å²) in [5.74, 6) is 0.179. The molecule has 19 heavy (non-hydrogen) atoms. The molecule has 0 radical (unpaired) electrons. The summed E-state index contributed by atoms with van der Waals surface area (Å²) in [6.07, 6.45) is 1.57. The van der Waals surface area contributed by atoms with Gasteiger partial charge in [0, 0.05) is 18.6 Å². The first-order valence-corrected chi connectivity index (χ1v) is 6.91. The zero-order valence-electron chi connectivity index (χ0n) is 11.3. The van der Waals surface area contributed by atoms with Crippen LogP contribution in [0.2, 0.25) is 0 Å². The minimum absolute atomic E-state index is 0.121. The van der Waals surface area contributed by atoms with Crippen molar-refractivity contribution in [2.45, 2.75) is 31.9 Å². The highest BCUT2D eigenvalue weighted by Gasteiger charge is 2.23. The topological polar surface area (TPSA) is 44.5 Å². The van der Waals surface area contributed by atoms with E-state index in [1.807, 2.05) is 13.0 Å². The van der Waals surface area contributed by atoms with Crippen LogP contribution in [0.5, 0.6) is 0 Å². The van der Waals surface area contributed by atoms with Crippen LogP contribution >= 0.6 is 0 Å². The minimum Gasteiger partial charge on any atom is -0.381 e. The van der Waals surface area contributed by atoms with Gasteiger partial charge in [0.25, 0.3) is 0 Å². The van der Waals surface area contributed by atoms with Crippen LogP contribution in [0.25, 0.3) is 0 Å². The van der Waals surface area contributed by atoms with Gasteiger partial charge in [0.15, 0.2) is 0 Å². The maximum Gasteiger partial charge on any atom is 0.123 e. The third-order valence-corrected chi connectivity index (χ3v) is 3.57. The van der Waals surface area contributed by atoms with Crippen molar-refractivity contribution in [1.82, 2.24) is 0 Å². The van der Waals surface area contributed by atoms with E-state index in [-0.39, 0.29) is 18.0 Å². The maximum atomic E-state index is 13.3. The van der Waals surface area contributed by atoms with Gasteiger partial charge in [-0.25, -0.2) is 4.39 Å². The van der Waals surface area contributed by atoms with E-state index in [4.69, 9.17) is 15.2 Å². The average Bonchev–Trinajstić information content (AvgIpc) is 2.92. The second-order valence-electron chi connectivity index (χ2n) is 5.11. The molecule has 3 unspecified atom stereocenters. The quantitative estimate of drug-likeness (QED) is 0.861. The van der Waals surface area contributed by atoms with Gasteiger partial charge < -0.3 is 15.2 Å². The van der Waals surface area contributed by atoms with Crippen molar-refractivity contribution >= 4 is 0 Å². The molecular weight excluding hydrogens is 245 g/mol. The summed E-state index contributed by atoms with van der Waals surface area (Å²) < 4.78 is 24.6. The van der Waals surface area contributed by atoms with Crippen molar-refractivity contribution in [2.75, 3.05) is 19.8 Å². The third-order valence-electron chi connectivity index (χ3n) is 3.57. The minimum atomic E-state index is -0.251. The molecule has 106 valence electrons. The van der Waals surface area contributed by atoms with Crippen molar-refractivity contribution in [2.24, 2.45) is 11.7 Å². The summed E-state index contributed by atoms with van der Waals surface area (Å²) in [6, 6.07) is 6.38. The Balaban J connectivity index is 2.02. The molecule has 1 heterocycles. The first-order valence-electron chi connectivity index (χ1n) is 6.91. The Bertz CT molecular complexity index is 393. The number of rotatable bonds is 6. The fourth-order valence-electron chi connectivity index (χ4n) is 2.32. The van der Waals surface area contributed by atoms with Gasteiger partial charge in [0.1, 0.15) is 5.82 Å². The summed E-state index contributed by atoms with van der Waals surface area (Å²) in [5.41, 5.74) is 6.92. The molecule has 1 fully saturated rings. The number of hydrogen-bond acceptors (Lipinski definition) is 3. The number of benzene rings is 1. The highest BCUT2D eigenvalue weighted by atomic mass is 19.1. The van der Waals surface area contributed by atoms with E-state index in [0.29, 0.717) is 12.5 Å². The lowest BCUT2D eigenvalue weighted by Gasteiger charge is -2.25. The SMILES string of the molecule is CCC(N)C(OCC1CCOC1)c1cccc(F)c1. The normalized spacial score (nSPS) is 22.4. The highest BCUT2D eigenvalue weighted by molar-refractivity contribution is 5.20. The molecule has 0 aromatic heterocycles. The van der Waals surface area contributed by atoms with E-state index in [1.165, 1.54) is 12.1 Å². The molecule has 4 heteroatoms. The molecular formula is C15H22FNO2. The van der Waals surface area contributed by atoms with Crippen molar-refractivity contribution in [1.29, 1.82) is 0 Å². The summed E-state index contributed by atoms with van der Waals surface area (Å²) in [7, 11) is 0. The molecule has 3 atom stereocenters. The van der Waals surface area contributed by atoms with Crippen LogP contribution in [-0.4, -0.2) is 25.9 Å². The molecule has 0 spiro atoms. The summed E-state index contributed by atoms with van der Waals surface area (Å²) in [6.45, 7) is 4.18. The number of halogens is 1. The zero-order valence-corrected chi connectivity index (χ0v) is 11.3. The van der Waals surface area contributed by atoms with Gasteiger partial charge in [-0.2, -0.15) is 0 Å². The van der Waals surface area contributed by atoms with Crippen LogP contribution in [0.1, 0.15) is 31.4 Å². The van der Waals surface area contributed by atoms with Crippen LogP contribution in [-0.2, 0) is 9.47 Å². The lowest BCUT2D eigenvalue weighted by atomic mass is 10.0. The molecule has 0 saturated carbocycles. The molecule has 3 nitrogen and oxygen atoms in total. The largest absolute Gasteiger partial charge is 0.381 e. The summed E-state index contributed by atoms with van der Waals surface area (Å²) >= 11 is 0. The number of ether oxygens (including phenoxy) is 2. The average molecular weight is 267 g/mol. The molecule has 0 aliphatic carbocycles. The monoisotopic (exact) mass is 267 g/mol. The third kappa shape index (κ3) is 4.00. The first kappa shape index (κ1) is 14.4. The summed E-state index contributed by atoms with van der Waals surface area (Å²) in [5, 5.41) is 0. The Labute approximate surface area is 113 Å². The van der Waals surface area contributed by atoms with E-state index in [0.717, 1.165) is 31.6 Å². The van der Waals surface area contributed by atoms with Gasteiger partial charge >= 0.3 is 0 Å². The van der Waals surface area contributed by atoms with Crippen LogP contribution in [0.3, 0.4) is 0 Å². The predicted octanol–water partition coefficient (Wildman–Crippen LogP) is 2.66. The zero-order chi connectivity index (χ0) is 13.7. The molecule has 2 rings (SSSR count). The Morgan fingerprint density at radius 3 is 3.00 bits per heavy atom. The second-order valence-corrected chi connectivity index (χ2v) is 5.11. The van der Waals surface area contributed by atoms with E-state index < -0.39 is 0 Å². The molecule has 0 amide bonds. The molecule has 2 N–H and O–H groups in total. The second kappa shape index (κ2) is 6.98. The summed E-state index contributed by atoms with van der Waals surface area (Å²) in [4.78, 5) is 0. The molecule has 1 saturated heterocycles. The molecule has 1 aromatic carbocycles. The standard InChI is InChI=1S/C15H22FNO2/c1-2-14(17)15(12-4-3-5-13(16)8-12)19-10-11-6-7-18-9-11/h3-5,8,11,14-15H,2,6-7,9-10,17H2,1H3. The van der Waals surface area contributed by atoms with Crippen molar-refractivity contribution in [3.8, 4) is 0 Å². The first-order chi connectivity index (χ1) is 9.20. The highest BCUT2D eigenvalue weighted by Crippen LogP contribution is 2.25. The number of hydrogen-bond donors (Lipinski definition) is 1. The molecule has 1 aromatic rings. The molecule has 0 bridgehead atoms. The van der Waals surface area contributed by atoms with Gasteiger partial charge in [-0.3, -0.25) is 0 Å². The van der Waals surface area contributed by atoms with Gasteiger partial charge in [-0.05, 0) is 30.5 Å². The Morgan fingerprint density at radius 1 is 1.53 bits per heavy atom. The van der Waals surface area contributed by atoms with Crippen LogP contribution < -0.4 is 5.73 Å². The van der Waals surface area contributed by atoms with E-state index in [9.17, 15) is 4.39 Å². The Hall–Kier alpha value is -0.970. The van der Waals surface area contributed by atoms with E-state index in [2.05, 4.69) is 0 Å². The van der Waals surface area contributed by atoms with Crippen molar-refractivity contribution in [3.05, 3.63) is 35.6 Å². The van der Waals surface area contributed by atoms with Gasteiger partial charge in [0.05, 0.1) is 19.3 Å². The fourth-order valence-corrected chi connectivity index (χ4v) is 2.32. The predicted molar refractivity (Wildman–Crippen MR) is 72.3 cm³/mol. The van der Waals surface area contributed by atoms with E-state index >= 15 is 0 Å². The van der Waals surface area contributed by atoms with Crippen molar-refractivity contribution < 1.29 is 13.9 Å². The maximum absolute atomic E-state index is 13.3. The van der Waals surface area contributed by atoms with Gasteiger partial charge in [-0.1, -0.05) is 19.1 Å². The van der Waals surface area contributed by atoms with E-state index in [1.54, 1.807) is 6.07 Å². The van der Waals surface area contributed by atoms with Gasteiger partial charge in [-0.15, -0.1) is 0 Å². The van der Waals surface area contributed by atoms with Crippen LogP contribution in [0.15, 0.2) is 24.3 Å². The lowest BCUT2D eigenvalue weighted by molar-refractivity contribution is 0.00933. The van der Waals surface area contributed by atoms with Crippen molar-refractivity contribution in [3.63, 3.8) is 0 Å². The molecule has 1 aliphatic rings. The van der Waals surface area contributed by atoms with Crippen LogP contribution in [0.4, 0.5) is 4.39 Å². The number of nitrogens with two attached hydrogens (primary N) is 1. The molecule has 1 aliphatic heterocycles. The smallest absolute Gasteiger partial charge is 0.123 e. The lowest BCUT2D eigenvalue weighted by Crippen LogP contribution is -2.31. The Morgan fingerprint density at radius 2 is 2.37 bits per heavy atom. The van der Waals surface area contributed by atoms with Crippen LogP contribution in [0, 0.1) is 11.7 Å².